The van der Waals surface area contributed by atoms with Crippen LogP contribution in [0.2, 0.25) is 0 Å². The minimum absolute atomic E-state index is 0.547. The second-order valence-corrected chi connectivity index (χ2v) is 4.85. The Hall–Kier alpha value is -1.13. The smallest absolute Gasteiger partial charge is 0.184 e. The van der Waals surface area contributed by atoms with Crippen molar-refractivity contribution in [3.05, 3.63) is 24.3 Å². The van der Waals surface area contributed by atoms with Gasteiger partial charge in [-0.15, -0.1) is 0 Å². The van der Waals surface area contributed by atoms with E-state index >= 15 is 0 Å². The average molecular weight is 219 g/mol. The first-order chi connectivity index (χ1) is 7.42. The standard InChI is InChI=1S/C11H13N3S/c1-2-4-10-9(3-1)14-11(15-10)13-8-5-6-12-7-8/h1-4,8,12H,5-7H2,(H,13,14)/t8-/m1/s1. The molecule has 0 amide bonds. The number of para-hydroxylation sites is 1. The van der Waals surface area contributed by atoms with Crippen LogP contribution in [0.5, 0.6) is 0 Å². The van der Waals surface area contributed by atoms with E-state index in [-0.39, 0.29) is 0 Å². The lowest BCUT2D eigenvalue weighted by Gasteiger charge is -2.08. The Kier molecular flexibility index (Phi) is 2.31. The van der Waals surface area contributed by atoms with Gasteiger partial charge in [0.1, 0.15) is 0 Å². The molecule has 0 bridgehead atoms. The summed E-state index contributed by atoms with van der Waals surface area (Å²) in [4.78, 5) is 4.56. The van der Waals surface area contributed by atoms with Gasteiger partial charge in [-0.05, 0) is 25.1 Å². The third-order valence-corrected chi connectivity index (χ3v) is 3.65. The number of nitrogens with zero attached hydrogens (tertiary/aromatic N) is 1. The van der Waals surface area contributed by atoms with Gasteiger partial charge in [0.25, 0.3) is 0 Å². The molecular weight excluding hydrogens is 206 g/mol. The largest absolute Gasteiger partial charge is 0.357 e. The maximum absolute atomic E-state index is 4.56. The number of fused-ring (bicyclic) bond motifs is 1. The normalized spacial score (nSPS) is 20.9. The molecule has 0 spiro atoms. The van der Waals surface area contributed by atoms with Gasteiger partial charge < -0.3 is 10.6 Å². The molecule has 3 rings (SSSR count). The Balaban J connectivity index is 1.84. The summed E-state index contributed by atoms with van der Waals surface area (Å²) in [6, 6.07) is 8.81. The predicted octanol–water partition coefficient (Wildman–Crippen LogP) is 2.07. The van der Waals surface area contributed by atoms with Crippen LogP contribution in [0.25, 0.3) is 10.2 Å². The minimum Gasteiger partial charge on any atom is -0.357 e. The monoisotopic (exact) mass is 219 g/mol. The molecule has 1 aromatic heterocycles. The molecule has 15 heavy (non-hydrogen) atoms. The van der Waals surface area contributed by atoms with E-state index in [1.54, 1.807) is 11.3 Å². The molecule has 0 saturated carbocycles. The summed E-state index contributed by atoms with van der Waals surface area (Å²) in [5.41, 5.74) is 1.09. The number of benzene rings is 1. The fraction of sp³-hybridized carbons (Fsp3) is 0.364. The molecule has 0 unspecified atom stereocenters. The highest BCUT2D eigenvalue weighted by atomic mass is 32.1. The average Bonchev–Trinajstić information content (AvgIpc) is 2.86. The quantitative estimate of drug-likeness (QED) is 0.812. The number of thiazole rings is 1. The van der Waals surface area contributed by atoms with Crippen LogP contribution in [-0.4, -0.2) is 24.1 Å². The van der Waals surface area contributed by atoms with E-state index in [1.165, 1.54) is 11.1 Å². The van der Waals surface area contributed by atoms with E-state index < -0.39 is 0 Å². The number of nitrogens with one attached hydrogen (secondary N) is 2. The molecule has 1 atom stereocenters. The maximum Gasteiger partial charge on any atom is 0.184 e. The summed E-state index contributed by atoms with van der Waals surface area (Å²) in [5, 5.41) is 7.86. The van der Waals surface area contributed by atoms with Crippen molar-refractivity contribution in [3.63, 3.8) is 0 Å². The Labute approximate surface area is 92.5 Å². The van der Waals surface area contributed by atoms with Crippen LogP contribution in [0.15, 0.2) is 24.3 Å². The fourth-order valence-electron chi connectivity index (χ4n) is 1.89. The summed E-state index contributed by atoms with van der Waals surface area (Å²) in [5.74, 6) is 0. The third-order valence-electron chi connectivity index (χ3n) is 2.68. The van der Waals surface area contributed by atoms with E-state index in [1.807, 2.05) is 6.07 Å². The first-order valence-electron chi connectivity index (χ1n) is 5.25. The molecule has 1 aromatic carbocycles. The highest BCUT2D eigenvalue weighted by molar-refractivity contribution is 7.22. The van der Waals surface area contributed by atoms with Gasteiger partial charge in [-0.2, -0.15) is 0 Å². The number of rotatable bonds is 2. The Bertz CT molecular complexity index is 427. The van der Waals surface area contributed by atoms with Crippen molar-refractivity contribution in [3.8, 4) is 0 Å². The van der Waals surface area contributed by atoms with Crippen molar-refractivity contribution in [2.24, 2.45) is 0 Å². The third kappa shape index (κ3) is 1.82. The van der Waals surface area contributed by atoms with Crippen LogP contribution < -0.4 is 10.6 Å². The lowest BCUT2D eigenvalue weighted by atomic mass is 10.3. The van der Waals surface area contributed by atoms with Gasteiger partial charge in [0.15, 0.2) is 5.13 Å². The summed E-state index contributed by atoms with van der Waals surface area (Å²) in [6.07, 6.45) is 1.19. The number of hydrogen-bond acceptors (Lipinski definition) is 4. The maximum atomic E-state index is 4.56. The summed E-state index contributed by atoms with van der Waals surface area (Å²) in [7, 11) is 0. The van der Waals surface area contributed by atoms with Crippen LogP contribution in [0.1, 0.15) is 6.42 Å². The lowest BCUT2D eigenvalue weighted by Crippen LogP contribution is -2.21. The van der Waals surface area contributed by atoms with Crippen molar-refractivity contribution >= 4 is 26.7 Å². The van der Waals surface area contributed by atoms with Crippen molar-refractivity contribution in [2.75, 3.05) is 18.4 Å². The second-order valence-electron chi connectivity index (χ2n) is 3.82. The minimum atomic E-state index is 0.547. The van der Waals surface area contributed by atoms with Crippen molar-refractivity contribution < 1.29 is 0 Å². The van der Waals surface area contributed by atoms with Gasteiger partial charge >= 0.3 is 0 Å². The van der Waals surface area contributed by atoms with E-state index in [0.29, 0.717) is 6.04 Å². The van der Waals surface area contributed by atoms with Crippen LogP contribution >= 0.6 is 11.3 Å². The van der Waals surface area contributed by atoms with E-state index in [2.05, 4.69) is 33.8 Å². The Morgan fingerprint density at radius 1 is 1.40 bits per heavy atom. The highest BCUT2D eigenvalue weighted by Crippen LogP contribution is 2.26. The summed E-state index contributed by atoms with van der Waals surface area (Å²) >= 11 is 1.73. The Morgan fingerprint density at radius 2 is 2.33 bits per heavy atom. The fourth-order valence-corrected chi connectivity index (χ4v) is 2.83. The summed E-state index contributed by atoms with van der Waals surface area (Å²) in [6.45, 7) is 2.17. The number of anilines is 1. The zero-order valence-corrected chi connectivity index (χ0v) is 9.18. The molecule has 78 valence electrons. The molecule has 0 aliphatic carbocycles. The molecule has 0 radical (unpaired) electrons. The van der Waals surface area contributed by atoms with Crippen LogP contribution in [0.3, 0.4) is 0 Å². The highest BCUT2D eigenvalue weighted by Gasteiger charge is 2.15. The molecule has 3 nitrogen and oxygen atoms in total. The molecular formula is C11H13N3S. The summed E-state index contributed by atoms with van der Waals surface area (Å²) < 4.78 is 1.26. The van der Waals surface area contributed by atoms with Crippen LogP contribution in [0, 0.1) is 0 Å². The molecule has 2 aromatic rings. The van der Waals surface area contributed by atoms with Crippen LogP contribution in [-0.2, 0) is 0 Å². The van der Waals surface area contributed by atoms with Gasteiger partial charge in [0.05, 0.1) is 10.2 Å². The topological polar surface area (TPSA) is 37.0 Å². The van der Waals surface area contributed by atoms with Crippen molar-refractivity contribution in [1.29, 1.82) is 0 Å². The lowest BCUT2D eigenvalue weighted by molar-refractivity contribution is 0.792. The van der Waals surface area contributed by atoms with Gasteiger partial charge in [-0.1, -0.05) is 23.5 Å². The molecule has 2 heterocycles. The molecule has 1 fully saturated rings. The van der Waals surface area contributed by atoms with Gasteiger partial charge in [-0.25, -0.2) is 4.98 Å². The van der Waals surface area contributed by atoms with E-state index in [0.717, 1.165) is 23.7 Å². The van der Waals surface area contributed by atoms with E-state index in [9.17, 15) is 0 Å². The van der Waals surface area contributed by atoms with E-state index in [4.69, 9.17) is 0 Å². The number of aromatic nitrogens is 1. The molecule has 1 aliphatic rings. The first-order valence-corrected chi connectivity index (χ1v) is 6.06. The van der Waals surface area contributed by atoms with Crippen molar-refractivity contribution in [1.82, 2.24) is 10.3 Å². The predicted molar refractivity (Wildman–Crippen MR) is 64.5 cm³/mol. The Morgan fingerprint density at radius 3 is 3.13 bits per heavy atom. The van der Waals surface area contributed by atoms with Gasteiger partial charge in [-0.3, -0.25) is 0 Å². The molecule has 1 aliphatic heterocycles. The van der Waals surface area contributed by atoms with Gasteiger partial charge in [0, 0.05) is 12.6 Å². The molecule has 4 heteroatoms. The molecule has 1 saturated heterocycles. The zero-order chi connectivity index (χ0) is 10.1. The number of hydrogen-bond donors (Lipinski definition) is 2. The molecule has 2 N–H and O–H groups in total. The van der Waals surface area contributed by atoms with Crippen LogP contribution in [0.4, 0.5) is 5.13 Å². The second kappa shape index (κ2) is 3.79. The zero-order valence-electron chi connectivity index (χ0n) is 8.36. The van der Waals surface area contributed by atoms with Crippen molar-refractivity contribution in [2.45, 2.75) is 12.5 Å². The SMILES string of the molecule is c1ccc2sc(N[C@@H]3CCNC3)nc2c1. The first kappa shape index (κ1) is 9.12. The van der Waals surface area contributed by atoms with Gasteiger partial charge in [0.2, 0.25) is 0 Å².